The molecule has 198 valence electrons. The lowest BCUT2D eigenvalue weighted by Crippen LogP contribution is -2.47. The SMILES string of the molecule is O=C(O)c1ccc(C2(O)C(O)Nc3nc4c(ncn4[C@@H]4O[C@H](COP(=O)(O)O)[C@@H](O)[C@H]4O)c(=O)n32)cc1. The Hall–Kier alpha value is -3.25. The minimum Gasteiger partial charge on any atom is -0.478 e. The molecule has 18 heteroatoms. The van der Waals surface area contributed by atoms with E-state index in [1.165, 1.54) is 24.3 Å². The maximum absolute atomic E-state index is 13.4. The Balaban J connectivity index is 1.54. The van der Waals surface area contributed by atoms with Crippen LogP contribution in [0.5, 0.6) is 0 Å². The maximum atomic E-state index is 13.4. The highest BCUT2D eigenvalue weighted by atomic mass is 31.2. The van der Waals surface area contributed by atoms with Crippen molar-refractivity contribution in [2.24, 2.45) is 0 Å². The van der Waals surface area contributed by atoms with E-state index in [2.05, 4.69) is 19.8 Å². The van der Waals surface area contributed by atoms with E-state index in [-0.39, 0.29) is 28.2 Å². The zero-order valence-electron chi connectivity index (χ0n) is 18.4. The van der Waals surface area contributed by atoms with E-state index in [1.807, 2.05) is 0 Å². The second-order valence-electron chi connectivity index (χ2n) is 8.39. The molecule has 17 nitrogen and oxygen atoms in total. The molecule has 5 rings (SSSR count). The molecule has 0 saturated carbocycles. The van der Waals surface area contributed by atoms with Crippen molar-refractivity contribution in [3.8, 4) is 0 Å². The van der Waals surface area contributed by atoms with E-state index in [9.17, 15) is 34.6 Å². The van der Waals surface area contributed by atoms with Crippen LogP contribution in [0, 0.1) is 0 Å². The van der Waals surface area contributed by atoms with Gasteiger partial charge in [-0.15, -0.1) is 0 Å². The summed E-state index contributed by atoms with van der Waals surface area (Å²) in [6.07, 6.45) is -6.72. The monoisotopic (exact) mass is 541 g/mol. The summed E-state index contributed by atoms with van der Waals surface area (Å²) in [5, 5.41) is 54.3. The number of benzene rings is 1. The van der Waals surface area contributed by atoms with Crippen LogP contribution in [0.25, 0.3) is 11.2 Å². The number of ether oxygens (including phenoxy) is 1. The van der Waals surface area contributed by atoms with E-state index < -0.39 is 62.5 Å². The van der Waals surface area contributed by atoms with Crippen molar-refractivity contribution in [3.05, 3.63) is 52.1 Å². The number of carboxylic acid groups (broad SMARTS) is 1. The van der Waals surface area contributed by atoms with Gasteiger partial charge < -0.3 is 45.4 Å². The summed E-state index contributed by atoms with van der Waals surface area (Å²) in [5.41, 5.74) is -3.91. The molecule has 2 aliphatic rings. The number of aromatic carboxylic acids is 1. The van der Waals surface area contributed by atoms with Gasteiger partial charge in [-0.05, 0) is 12.1 Å². The van der Waals surface area contributed by atoms with Crippen LogP contribution in [0.1, 0.15) is 22.1 Å². The van der Waals surface area contributed by atoms with Gasteiger partial charge in [0.2, 0.25) is 11.7 Å². The van der Waals surface area contributed by atoms with Gasteiger partial charge in [0.15, 0.2) is 23.6 Å². The molecule has 0 aliphatic carbocycles. The fourth-order valence-electron chi connectivity index (χ4n) is 4.33. The van der Waals surface area contributed by atoms with Crippen LogP contribution in [0.2, 0.25) is 0 Å². The van der Waals surface area contributed by atoms with Gasteiger partial charge in [0.05, 0.1) is 18.5 Å². The predicted octanol–water partition coefficient (Wildman–Crippen LogP) is -2.54. The number of imidazole rings is 1. The zero-order valence-corrected chi connectivity index (χ0v) is 19.3. The van der Waals surface area contributed by atoms with Crippen LogP contribution in [0.4, 0.5) is 5.95 Å². The number of nitrogens with zero attached hydrogens (tertiary/aromatic N) is 4. The maximum Gasteiger partial charge on any atom is 0.469 e. The fraction of sp³-hybridized carbons (Fsp3) is 0.368. The average molecular weight is 541 g/mol. The van der Waals surface area contributed by atoms with Gasteiger partial charge in [-0.25, -0.2) is 18.9 Å². The Morgan fingerprint density at radius 1 is 1.19 bits per heavy atom. The minimum absolute atomic E-state index is 0.0236. The number of carbonyl (C=O) groups is 1. The second kappa shape index (κ2) is 8.66. The summed E-state index contributed by atoms with van der Waals surface area (Å²) < 4.78 is 22.6. The number of nitrogens with one attached hydrogen (secondary N) is 1. The van der Waals surface area contributed by atoms with E-state index in [1.54, 1.807) is 0 Å². The number of aromatic nitrogens is 4. The summed E-state index contributed by atoms with van der Waals surface area (Å²) in [6.45, 7) is -0.751. The second-order valence-corrected chi connectivity index (χ2v) is 9.63. The minimum atomic E-state index is -4.88. The molecule has 37 heavy (non-hydrogen) atoms. The molecule has 3 aromatic rings. The van der Waals surface area contributed by atoms with Crippen LogP contribution in [-0.4, -0.2) is 91.5 Å². The highest BCUT2D eigenvalue weighted by Gasteiger charge is 2.50. The molecule has 0 bridgehead atoms. The molecule has 8 N–H and O–H groups in total. The van der Waals surface area contributed by atoms with Gasteiger partial charge in [-0.1, -0.05) is 12.1 Å². The van der Waals surface area contributed by atoms with Crippen LogP contribution in [0.15, 0.2) is 35.4 Å². The van der Waals surface area contributed by atoms with E-state index in [0.29, 0.717) is 0 Å². The third-order valence-corrected chi connectivity index (χ3v) is 6.65. The normalized spacial score (nSPS) is 29.4. The summed E-state index contributed by atoms with van der Waals surface area (Å²) >= 11 is 0. The van der Waals surface area contributed by atoms with E-state index >= 15 is 0 Å². The average Bonchev–Trinajstić information content (AvgIpc) is 3.46. The number of anilines is 1. The third-order valence-electron chi connectivity index (χ3n) is 6.16. The number of aliphatic hydroxyl groups excluding tert-OH is 3. The van der Waals surface area contributed by atoms with Crippen molar-refractivity contribution in [2.75, 3.05) is 11.9 Å². The van der Waals surface area contributed by atoms with Crippen molar-refractivity contribution >= 4 is 30.9 Å². The van der Waals surface area contributed by atoms with Gasteiger partial charge in [0.25, 0.3) is 5.56 Å². The lowest BCUT2D eigenvalue weighted by molar-refractivity contribution is -0.0756. The summed E-state index contributed by atoms with van der Waals surface area (Å²) in [5.74, 6) is -1.52. The Bertz CT molecular complexity index is 1490. The first-order chi connectivity index (χ1) is 17.3. The Morgan fingerprint density at radius 2 is 1.86 bits per heavy atom. The number of phosphoric acid groups is 1. The molecule has 4 heterocycles. The molecule has 2 aliphatic heterocycles. The smallest absolute Gasteiger partial charge is 0.469 e. The highest BCUT2D eigenvalue weighted by molar-refractivity contribution is 7.46. The number of hydrogen-bond donors (Lipinski definition) is 8. The van der Waals surface area contributed by atoms with Gasteiger partial charge >= 0.3 is 13.8 Å². The molecular weight excluding hydrogens is 521 g/mol. The number of fused-ring (bicyclic) bond motifs is 2. The summed E-state index contributed by atoms with van der Waals surface area (Å²) in [4.78, 5) is 50.5. The molecule has 2 unspecified atom stereocenters. The Morgan fingerprint density at radius 3 is 2.49 bits per heavy atom. The van der Waals surface area contributed by atoms with E-state index in [0.717, 1.165) is 15.5 Å². The standard InChI is InChI=1S/C19H20N5O12P/c25-11-9(5-35-37(32,33)34)36-15(12(11)26)23-6-20-10-13(23)21-18-22-17(30)19(31,24(18)14(10)27)8-3-1-7(2-4-8)16(28)29/h1-4,6,9,11-12,15,17,25-26,30-31H,5H2,(H,21,22)(H,28,29)(H2,32,33,34)/t9-,11-,12-,15-,17?,19?/m1/s1. The first kappa shape index (κ1) is 25.4. The van der Waals surface area contributed by atoms with Gasteiger partial charge in [0, 0.05) is 5.56 Å². The van der Waals surface area contributed by atoms with Crippen LogP contribution in [-0.2, 0) is 19.6 Å². The predicted molar refractivity (Wildman–Crippen MR) is 118 cm³/mol. The molecule has 0 spiro atoms. The zero-order chi connectivity index (χ0) is 26.9. The number of phosphoric ester groups is 1. The first-order valence-corrected chi connectivity index (χ1v) is 12.1. The van der Waals surface area contributed by atoms with Crippen molar-refractivity contribution in [2.45, 2.75) is 36.5 Å². The van der Waals surface area contributed by atoms with Crippen molar-refractivity contribution in [3.63, 3.8) is 0 Å². The molecule has 2 aromatic heterocycles. The Labute approximate surface area is 205 Å². The summed E-state index contributed by atoms with van der Waals surface area (Å²) in [6, 6.07) is 4.82. The van der Waals surface area contributed by atoms with Gasteiger partial charge in [0.1, 0.15) is 18.3 Å². The number of hydrogen-bond acceptors (Lipinski definition) is 12. The quantitative estimate of drug-likeness (QED) is 0.149. The molecule has 1 fully saturated rings. The largest absolute Gasteiger partial charge is 0.478 e. The Kier molecular flexibility index (Phi) is 5.94. The van der Waals surface area contributed by atoms with Crippen molar-refractivity contribution in [1.29, 1.82) is 0 Å². The fourth-order valence-corrected chi connectivity index (χ4v) is 4.67. The lowest BCUT2D eigenvalue weighted by Gasteiger charge is -2.27. The molecule has 0 radical (unpaired) electrons. The van der Waals surface area contributed by atoms with E-state index in [4.69, 9.17) is 19.6 Å². The topological polar surface area (TPSA) is 259 Å². The summed E-state index contributed by atoms with van der Waals surface area (Å²) in [7, 11) is -4.88. The molecule has 6 atom stereocenters. The van der Waals surface area contributed by atoms with Crippen LogP contribution in [0.3, 0.4) is 0 Å². The molecule has 0 amide bonds. The van der Waals surface area contributed by atoms with Gasteiger partial charge in [-0.3, -0.25) is 13.9 Å². The van der Waals surface area contributed by atoms with Gasteiger partial charge in [-0.2, -0.15) is 4.98 Å². The number of carboxylic acids is 1. The molecule has 1 saturated heterocycles. The van der Waals surface area contributed by atoms with Crippen LogP contribution < -0.4 is 10.9 Å². The van der Waals surface area contributed by atoms with Crippen molar-refractivity contribution < 1.29 is 53.9 Å². The first-order valence-electron chi connectivity index (χ1n) is 10.6. The van der Waals surface area contributed by atoms with Crippen molar-refractivity contribution in [1.82, 2.24) is 19.1 Å². The molecule has 1 aromatic carbocycles. The third kappa shape index (κ3) is 4.02. The number of rotatable bonds is 6. The lowest BCUT2D eigenvalue weighted by atomic mass is 10.00. The van der Waals surface area contributed by atoms with Crippen LogP contribution >= 0.6 is 7.82 Å². The highest BCUT2D eigenvalue weighted by Crippen LogP contribution is 2.39. The number of aliphatic hydroxyl groups is 4. The molecular formula is C19H20N5O12P.